The van der Waals surface area contributed by atoms with Crippen LogP contribution in [0.25, 0.3) is 33.1 Å². The largest absolute Gasteiger partial charge is 0.356 e. The Morgan fingerprint density at radius 1 is 0.828 bits per heavy atom. The van der Waals surface area contributed by atoms with Crippen molar-refractivity contribution in [3.63, 3.8) is 0 Å². The zero-order valence-electron chi connectivity index (χ0n) is 16.4. The summed E-state index contributed by atoms with van der Waals surface area (Å²) < 4.78 is 1.70. The summed E-state index contributed by atoms with van der Waals surface area (Å²) in [5.74, 6) is 0. The zero-order chi connectivity index (χ0) is 20.0. The van der Waals surface area contributed by atoms with Gasteiger partial charge in [-0.25, -0.2) is 0 Å². The number of H-pyrrole nitrogens is 1. The molecule has 4 nitrogen and oxygen atoms in total. The Morgan fingerprint density at radius 3 is 2.31 bits per heavy atom. The first kappa shape index (κ1) is 17.3. The van der Waals surface area contributed by atoms with Crippen LogP contribution in [0, 0.1) is 6.92 Å². The first-order valence-corrected chi connectivity index (χ1v) is 9.65. The number of para-hydroxylation sites is 1. The smallest absolute Gasteiger partial charge is 0.259 e. The molecule has 0 bridgehead atoms. The molecule has 0 amide bonds. The average Bonchev–Trinajstić information content (AvgIpc) is 3.10. The third-order valence-electron chi connectivity index (χ3n) is 5.39. The van der Waals surface area contributed by atoms with E-state index in [-0.39, 0.29) is 5.56 Å². The minimum Gasteiger partial charge on any atom is -0.356 e. The SMILES string of the molecule is Cc1ccc2[nH]c3c(cc(-c4ccc(Nc5ccccc5)cc4)c(=O)n3C)c2c1. The number of aromatic amines is 1. The van der Waals surface area contributed by atoms with Gasteiger partial charge in [-0.3, -0.25) is 9.36 Å². The van der Waals surface area contributed by atoms with E-state index in [2.05, 4.69) is 35.4 Å². The van der Waals surface area contributed by atoms with Gasteiger partial charge in [0.2, 0.25) is 0 Å². The molecule has 0 atom stereocenters. The van der Waals surface area contributed by atoms with Gasteiger partial charge < -0.3 is 10.3 Å². The Kier molecular flexibility index (Phi) is 3.98. The molecule has 0 spiro atoms. The highest BCUT2D eigenvalue weighted by Crippen LogP contribution is 2.29. The molecule has 142 valence electrons. The van der Waals surface area contributed by atoms with Crippen molar-refractivity contribution in [3.05, 3.63) is 94.8 Å². The van der Waals surface area contributed by atoms with E-state index < -0.39 is 0 Å². The number of hydrogen-bond donors (Lipinski definition) is 2. The quantitative estimate of drug-likeness (QED) is 0.420. The molecule has 2 N–H and O–H groups in total. The van der Waals surface area contributed by atoms with Gasteiger partial charge in [0.25, 0.3) is 5.56 Å². The van der Waals surface area contributed by atoms with Crippen LogP contribution in [0.5, 0.6) is 0 Å². The average molecular weight is 379 g/mol. The van der Waals surface area contributed by atoms with E-state index in [9.17, 15) is 4.79 Å². The van der Waals surface area contributed by atoms with E-state index in [0.29, 0.717) is 5.56 Å². The predicted molar refractivity (Wildman–Crippen MR) is 121 cm³/mol. The third kappa shape index (κ3) is 2.99. The fourth-order valence-corrected chi connectivity index (χ4v) is 3.84. The summed E-state index contributed by atoms with van der Waals surface area (Å²) in [5, 5.41) is 5.58. The molecule has 0 saturated heterocycles. The molecule has 0 saturated carbocycles. The maximum atomic E-state index is 13.0. The molecule has 0 aliphatic rings. The maximum absolute atomic E-state index is 13.0. The van der Waals surface area contributed by atoms with Gasteiger partial charge >= 0.3 is 0 Å². The molecule has 3 aromatic carbocycles. The normalized spacial score (nSPS) is 11.2. The lowest BCUT2D eigenvalue weighted by atomic mass is 10.0. The third-order valence-corrected chi connectivity index (χ3v) is 5.39. The molecular formula is C25H21N3O. The number of benzene rings is 3. The summed E-state index contributed by atoms with van der Waals surface area (Å²) >= 11 is 0. The van der Waals surface area contributed by atoms with E-state index in [1.54, 1.807) is 4.57 Å². The Bertz CT molecular complexity index is 1390. The topological polar surface area (TPSA) is 49.8 Å². The first-order chi connectivity index (χ1) is 14.1. The van der Waals surface area contributed by atoms with E-state index >= 15 is 0 Å². The number of anilines is 2. The van der Waals surface area contributed by atoms with Gasteiger partial charge in [-0.05, 0) is 55.0 Å². The highest BCUT2D eigenvalue weighted by atomic mass is 16.1. The van der Waals surface area contributed by atoms with Crippen molar-refractivity contribution in [2.24, 2.45) is 7.05 Å². The van der Waals surface area contributed by atoms with Crippen LogP contribution in [0.4, 0.5) is 11.4 Å². The highest BCUT2D eigenvalue weighted by Gasteiger charge is 2.13. The molecule has 2 heterocycles. The minimum atomic E-state index is -0.00968. The van der Waals surface area contributed by atoms with Crippen LogP contribution < -0.4 is 10.9 Å². The van der Waals surface area contributed by atoms with Crippen molar-refractivity contribution < 1.29 is 0 Å². The number of aromatic nitrogens is 2. The molecule has 2 aromatic heterocycles. The minimum absolute atomic E-state index is 0.00968. The van der Waals surface area contributed by atoms with Crippen molar-refractivity contribution in [2.45, 2.75) is 6.92 Å². The van der Waals surface area contributed by atoms with Crippen molar-refractivity contribution in [2.75, 3.05) is 5.32 Å². The van der Waals surface area contributed by atoms with E-state index in [4.69, 9.17) is 0 Å². The second-order valence-corrected chi connectivity index (χ2v) is 7.43. The van der Waals surface area contributed by atoms with Crippen molar-refractivity contribution in [3.8, 4) is 11.1 Å². The lowest BCUT2D eigenvalue weighted by molar-refractivity contribution is 0.896. The molecule has 4 heteroatoms. The molecular weight excluding hydrogens is 358 g/mol. The lowest BCUT2D eigenvalue weighted by Crippen LogP contribution is -2.18. The standard InChI is InChI=1S/C25H21N3O/c1-16-8-13-23-21(14-16)22-15-20(25(29)28(2)24(22)27-23)17-9-11-19(12-10-17)26-18-6-4-3-5-7-18/h3-15,26-27H,1-2H3. The predicted octanol–water partition coefficient (Wildman–Crippen LogP) is 5.74. The maximum Gasteiger partial charge on any atom is 0.259 e. The fraction of sp³-hybridized carbons (Fsp3) is 0.0800. The molecule has 5 aromatic rings. The van der Waals surface area contributed by atoms with Crippen molar-refractivity contribution >= 4 is 33.3 Å². The molecule has 0 aliphatic carbocycles. The van der Waals surface area contributed by atoms with Crippen LogP contribution in [0.2, 0.25) is 0 Å². The number of pyridine rings is 1. The van der Waals surface area contributed by atoms with Gasteiger partial charge in [0.05, 0.1) is 0 Å². The molecule has 0 unspecified atom stereocenters. The lowest BCUT2D eigenvalue weighted by Gasteiger charge is -2.09. The van der Waals surface area contributed by atoms with Crippen molar-refractivity contribution in [1.82, 2.24) is 9.55 Å². The molecule has 0 radical (unpaired) electrons. The number of nitrogens with one attached hydrogen (secondary N) is 2. The van der Waals surface area contributed by atoms with E-state index in [0.717, 1.165) is 38.9 Å². The summed E-state index contributed by atoms with van der Waals surface area (Å²) in [4.78, 5) is 16.4. The summed E-state index contributed by atoms with van der Waals surface area (Å²) in [6.07, 6.45) is 0. The number of fused-ring (bicyclic) bond motifs is 3. The van der Waals surface area contributed by atoms with E-state index in [1.165, 1.54) is 5.56 Å². The van der Waals surface area contributed by atoms with Gasteiger partial charge in [-0.1, -0.05) is 42.0 Å². The number of hydrogen-bond acceptors (Lipinski definition) is 2. The molecule has 0 fully saturated rings. The van der Waals surface area contributed by atoms with Gasteiger partial charge in [-0.2, -0.15) is 0 Å². The number of nitrogens with zero attached hydrogens (tertiary/aromatic N) is 1. The number of rotatable bonds is 3. The van der Waals surface area contributed by atoms with Crippen LogP contribution in [0.15, 0.2) is 83.7 Å². The van der Waals surface area contributed by atoms with Gasteiger partial charge in [0.1, 0.15) is 5.65 Å². The summed E-state index contributed by atoms with van der Waals surface area (Å²) in [7, 11) is 1.82. The second-order valence-electron chi connectivity index (χ2n) is 7.43. The second kappa shape index (κ2) is 6.67. The Hall–Kier alpha value is -3.79. The first-order valence-electron chi connectivity index (χ1n) is 9.65. The summed E-state index contributed by atoms with van der Waals surface area (Å²) in [6, 6.07) is 26.4. The highest BCUT2D eigenvalue weighted by molar-refractivity contribution is 6.07. The Labute approximate surface area is 168 Å². The fourth-order valence-electron chi connectivity index (χ4n) is 3.84. The zero-order valence-corrected chi connectivity index (χ0v) is 16.4. The van der Waals surface area contributed by atoms with Crippen molar-refractivity contribution in [1.29, 1.82) is 0 Å². The number of aryl methyl sites for hydroxylation is 2. The van der Waals surface area contributed by atoms with Crippen LogP contribution >= 0.6 is 0 Å². The van der Waals surface area contributed by atoms with Gasteiger partial charge in [-0.15, -0.1) is 0 Å². The van der Waals surface area contributed by atoms with Crippen LogP contribution in [0.1, 0.15) is 5.56 Å². The van der Waals surface area contributed by atoms with Gasteiger partial charge in [0.15, 0.2) is 0 Å². The molecule has 29 heavy (non-hydrogen) atoms. The summed E-state index contributed by atoms with van der Waals surface area (Å²) in [6.45, 7) is 2.08. The summed E-state index contributed by atoms with van der Waals surface area (Å²) in [5.41, 5.74) is 6.71. The van der Waals surface area contributed by atoms with E-state index in [1.807, 2.05) is 67.7 Å². The molecule has 5 rings (SSSR count). The Morgan fingerprint density at radius 2 is 1.55 bits per heavy atom. The molecule has 0 aliphatic heterocycles. The van der Waals surface area contributed by atoms with Crippen LogP contribution in [0.3, 0.4) is 0 Å². The van der Waals surface area contributed by atoms with Gasteiger partial charge in [0, 0.05) is 40.3 Å². The monoisotopic (exact) mass is 379 g/mol. The van der Waals surface area contributed by atoms with Crippen LogP contribution in [-0.4, -0.2) is 9.55 Å². The van der Waals surface area contributed by atoms with Crippen LogP contribution in [-0.2, 0) is 7.05 Å². The Balaban J connectivity index is 1.61.